The SMILES string of the molecule is CC(C)CCN1CCc2nnc([C@H](C)NC(=O)C(C)C)n2CC1. The van der Waals surface area contributed by atoms with Crippen molar-refractivity contribution in [3.63, 3.8) is 0 Å². The molecule has 1 aliphatic rings. The lowest BCUT2D eigenvalue weighted by molar-refractivity contribution is -0.124. The Labute approximate surface area is 139 Å². The molecule has 1 N–H and O–H groups in total. The number of carbonyl (C=O) groups is 1. The van der Waals surface area contributed by atoms with Crippen molar-refractivity contribution in [1.29, 1.82) is 0 Å². The fourth-order valence-electron chi connectivity index (χ4n) is 2.82. The first kappa shape index (κ1) is 17.9. The van der Waals surface area contributed by atoms with E-state index in [-0.39, 0.29) is 17.9 Å². The van der Waals surface area contributed by atoms with Crippen molar-refractivity contribution in [1.82, 2.24) is 25.0 Å². The molecule has 23 heavy (non-hydrogen) atoms. The van der Waals surface area contributed by atoms with E-state index in [0.29, 0.717) is 0 Å². The van der Waals surface area contributed by atoms with Crippen LogP contribution in [0.2, 0.25) is 0 Å². The molecule has 130 valence electrons. The highest BCUT2D eigenvalue weighted by Crippen LogP contribution is 2.16. The van der Waals surface area contributed by atoms with E-state index in [2.05, 4.69) is 38.8 Å². The smallest absolute Gasteiger partial charge is 0.223 e. The number of nitrogens with zero attached hydrogens (tertiary/aromatic N) is 4. The van der Waals surface area contributed by atoms with Gasteiger partial charge in [-0.3, -0.25) is 4.79 Å². The van der Waals surface area contributed by atoms with Gasteiger partial charge < -0.3 is 14.8 Å². The Kier molecular flexibility index (Phi) is 6.16. The summed E-state index contributed by atoms with van der Waals surface area (Å²) < 4.78 is 2.20. The van der Waals surface area contributed by atoms with Gasteiger partial charge in [-0.05, 0) is 25.8 Å². The fraction of sp³-hybridized carbons (Fsp3) is 0.824. The van der Waals surface area contributed by atoms with Crippen LogP contribution in [0.4, 0.5) is 0 Å². The van der Waals surface area contributed by atoms with Crippen molar-refractivity contribution in [3.8, 4) is 0 Å². The molecule has 0 bridgehead atoms. The van der Waals surface area contributed by atoms with E-state index >= 15 is 0 Å². The molecule has 0 radical (unpaired) electrons. The van der Waals surface area contributed by atoms with Gasteiger partial charge in [-0.2, -0.15) is 0 Å². The highest BCUT2D eigenvalue weighted by Gasteiger charge is 2.23. The fourth-order valence-corrected chi connectivity index (χ4v) is 2.82. The Balaban J connectivity index is 2.00. The van der Waals surface area contributed by atoms with Gasteiger partial charge >= 0.3 is 0 Å². The van der Waals surface area contributed by atoms with Gasteiger partial charge in [-0.1, -0.05) is 27.7 Å². The molecular weight excluding hydrogens is 290 g/mol. The van der Waals surface area contributed by atoms with E-state index < -0.39 is 0 Å². The van der Waals surface area contributed by atoms with Crippen molar-refractivity contribution in [2.45, 2.75) is 60.0 Å². The van der Waals surface area contributed by atoms with Crippen LogP contribution in [0.1, 0.15) is 58.7 Å². The molecule has 0 spiro atoms. The predicted molar refractivity (Wildman–Crippen MR) is 91.0 cm³/mol. The molecule has 6 heteroatoms. The van der Waals surface area contributed by atoms with Crippen LogP contribution in [-0.4, -0.2) is 45.2 Å². The zero-order valence-electron chi connectivity index (χ0n) is 15.2. The Morgan fingerprint density at radius 3 is 2.52 bits per heavy atom. The van der Waals surface area contributed by atoms with Crippen LogP contribution in [0, 0.1) is 11.8 Å². The molecule has 1 aromatic heterocycles. The topological polar surface area (TPSA) is 63.1 Å². The van der Waals surface area contributed by atoms with Gasteiger partial charge in [0.1, 0.15) is 5.82 Å². The second-order valence-corrected chi connectivity index (χ2v) is 7.29. The third-order valence-electron chi connectivity index (χ3n) is 4.44. The first-order valence-electron chi connectivity index (χ1n) is 8.83. The van der Waals surface area contributed by atoms with E-state index in [1.54, 1.807) is 0 Å². The molecule has 1 amide bonds. The second-order valence-electron chi connectivity index (χ2n) is 7.29. The van der Waals surface area contributed by atoms with E-state index in [4.69, 9.17) is 0 Å². The summed E-state index contributed by atoms with van der Waals surface area (Å²) in [4.78, 5) is 14.4. The summed E-state index contributed by atoms with van der Waals surface area (Å²) in [6.07, 6.45) is 2.16. The average molecular weight is 321 g/mol. The zero-order chi connectivity index (χ0) is 17.0. The maximum atomic E-state index is 11.9. The maximum absolute atomic E-state index is 11.9. The van der Waals surface area contributed by atoms with Crippen molar-refractivity contribution in [2.75, 3.05) is 19.6 Å². The Morgan fingerprint density at radius 1 is 1.13 bits per heavy atom. The summed E-state index contributed by atoms with van der Waals surface area (Å²) >= 11 is 0. The summed E-state index contributed by atoms with van der Waals surface area (Å²) in [6.45, 7) is 14.4. The second kappa shape index (κ2) is 7.90. The quantitative estimate of drug-likeness (QED) is 0.870. The van der Waals surface area contributed by atoms with Crippen molar-refractivity contribution in [3.05, 3.63) is 11.6 Å². The average Bonchev–Trinajstić information content (AvgIpc) is 2.78. The van der Waals surface area contributed by atoms with Crippen molar-refractivity contribution < 1.29 is 4.79 Å². The van der Waals surface area contributed by atoms with Crippen LogP contribution >= 0.6 is 0 Å². The zero-order valence-corrected chi connectivity index (χ0v) is 15.2. The van der Waals surface area contributed by atoms with E-state index in [0.717, 1.165) is 50.2 Å². The molecule has 1 aliphatic heterocycles. The Bertz CT molecular complexity index is 523. The third-order valence-corrected chi connectivity index (χ3v) is 4.44. The van der Waals surface area contributed by atoms with Gasteiger partial charge in [0.15, 0.2) is 5.82 Å². The Hall–Kier alpha value is -1.43. The lowest BCUT2D eigenvalue weighted by Crippen LogP contribution is -2.32. The lowest BCUT2D eigenvalue weighted by atomic mass is 10.1. The number of rotatable bonds is 6. The molecule has 6 nitrogen and oxygen atoms in total. The van der Waals surface area contributed by atoms with Crippen LogP contribution in [0.25, 0.3) is 0 Å². The lowest BCUT2D eigenvalue weighted by Gasteiger charge is -2.21. The van der Waals surface area contributed by atoms with Gasteiger partial charge in [0, 0.05) is 32.0 Å². The minimum Gasteiger partial charge on any atom is -0.346 e. The number of fused-ring (bicyclic) bond motifs is 1. The van der Waals surface area contributed by atoms with E-state index in [1.807, 2.05) is 20.8 Å². The highest BCUT2D eigenvalue weighted by atomic mass is 16.1. The van der Waals surface area contributed by atoms with Crippen LogP contribution < -0.4 is 5.32 Å². The normalized spacial score (nSPS) is 17.2. The van der Waals surface area contributed by atoms with Gasteiger partial charge in [-0.25, -0.2) is 0 Å². The van der Waals surface area contributed by atoms with E-state index in [1.165, 1.54) is 6.42 Å². The summed E-state index contributed by atoms with van der Waals surface area (Å²) in [6, 6.07) is -0.103. The number of amides is 1. The van der Waals surface area contributed by atoms with Gasteiger partial charge in [0.2, 0.25) is 5.91 Å². The molecule has 0 unspecified atom stereocenters. The van der Waals surface area contributed by atoms with Crippen LogP contribution in [0.3, 0.4) is 0 Å². The molecule has 0 fully saturated rings. The summed E-state index contributed by atoms with van der Waals surface area (Å²) in [5.41, 5.74) is 0. The number of aromatic nitrogens is 3. The van der Waals surface area contributed by atoms with Crippen LogP contribution in [0.5, 0.6) is 0 Å². The number of nitrogens with one attached hydrogen (secondary N) is 1. The minimum absolute atomic E-state index is 0.0181. The summed E-state index contributed by atoms with van der Waals surface area (Å²) in [5.74, 6) is 2.69. The molecule has 2 rings (SSSR count). The molecule has 1 atom stereocenters. The van der Waals surface area contributed by atoms with Crippen molar-refractivity contribution >= 4 is 5.91 Å². The first-order chi connectivity index (χ1) is 10.9. The highest BCUT2D eigenvalue weighted by molar-refractivity contribution is 5.78. The van der Waals surface area contributed by atoms with Gasteiger partial charge in [0.25, 0.3) is 0 Å². The van der Waals surface area contributed by atoms with Crippen LogP contribution in [0.15, 0.2) is 0 Å². The third kappa shape index (κ3) is 4.77. The molecule has 0 saturated heterocycles. The van der Waals surface area contributed by atoms with E-state index in [9.17, 15) is 4.79 Å². The number of hydrogen-bond donors (Lipinski definition) is 1. The van der Waals surface area contributed by atoms with Crippen LogP contribution in [-0.2, 0) is 17.8 Å². The molecule has 1 aromatic rings. The summed E-state index contributed by atoms with van der Waals surface area (Å²) in [5, 5.41) is 11.7. The standard InChI is InChI=1S/C17H31N5O/c1-12(2)6-8-21-9-7-15-19-20-16(22(15)11-10-21)14(5)18-17(23)13(3)4/h12-14H,6-11H2,1-5H3,(H,18,23)/t14-/m0/s1. The molecule has 2 heterocycles. The van der Waals surface area contributed by atoms with Gasteiger partial charge in [0.05, 0.1) is 6.04 Å². The largest absolute Gasteiger partial charge is 0.346 e. The summed E-state index contributed by atoms with van der Waals surface area (Å²) in [7, 11) is 0. The monoisotopic (exact) mass is 321 g/mol. The molecule has 0 aromatic carbocycles. The predicted octanol–water partition coefficient (Wildman–Crippen LogP) is 2.02. The molecule has 0 aliphatic carbocycles. The minimum atomic E-state index is -0.103. The first-order valence-corrected chi connectivity index (χ1v) is 8.83. The van der Waals surface area contributed by atoms with Gasteiger partial charge in [-0.15, -0.1) is 10.2 Å². The molecule has 0 saturated carbocycles. The maximum Gasteiger partial charge on any atom is 0.223 e. The number of hydrogen-bond acceptors (Lipinski definition) is 4. The molecular formula is C17H31N5O. The van der Waals surface area contributed by atoms with Crippen molar-refractivity contribution in [2.24, 2.45) is 11.8 Å². The Morgan fingerprint density at radius 2 is 1.87 bits per heavy atom. The number of carbonyl (C=O) groups excluding carboxylic acids is 1.